The molecule has 2 amide bonds. The second-order valence-electron chi connectivity index (χ2n) is 8.28. The highest BCUT2D eigenvalue weighted by Gasteiger charge is 2.48. The van der Waals surface area contributed by atoms with Crippen molar-refractivity contribution in [2.45, 2.75) is 25.8 Å². The van der Waals surface area contributed by atoms with Crippen LogP contribution in [-0.4, -0.2) is 79.0 Å². The molecule has 1 atom stereocenters. The summed E-state index contributed by atoms with van der Waals surface area (Å²) in [7, 11) is 0. The van der Waals surface area contributed by atoms with Crippen molar-refractivity contribution in [2.75, 3.05) is 52.5 Å². The van der Waals surface area contributed by atoms with E-state index in [2.05, 4.69) is 4.90 Å². The molecule has 0 radical (unpaired) electrons. The Labute approximate surface area is 169 Å². The van der Waals surface area contributed by atoms with Gasteiger partial charge in [0.1, 0.15) is 0 Å². The number of carbonyl (C=O) groups is 2. The minimum Gasteiger partial charge on any atom is -0.378 e. The maximum atomic E-state index is 14.1. The largest absolute Gasteiger partial charge is 0.378 e. The van der Waals surface area contributed by atoms with Crippen LogP contribution in [0.2, 0.25) is 0 Å². The fourth-order valence-electron chi connectivity index (χ4n) is 4.76. The molecule has 158 valence electrons. The fraction of sp³-hybridized carbons (Fsp3) is 0.619. The molecule has 1 spiro atoms. The van der Waals surface area contributed by atoms with Gasteiger partial charge in [0, 0.05) is 38.3 Å². The molecule has 0 unspecified atom stereocenters. The third-order valence-electron chi connectivity index (χ3n) is 6.37. The van der Waals surface area contributed by atoms with Gasteiger partial charge in [-0.25, -0.2) is 8.78 Å². The normalized spacial score (nSPS) is 25.8. The summed E-state index contributed by atoms with van der Waals surface area (Å²) < 4.78 is 32.9. The molecule has 0 saturated carbocycles. The lowest BCUT2D eigenvalue weighted by molar-refractivity contribution is -0.147. The first-order chi connectivity index (χ1) is 14.0. The molecule has 0 N–H and O–H groups in total. The van der Waals surface area contributed by atoms with Gasteiger partial charge in [-0.1, -0.05) is 12.1 Å². The second kappa shape index (κ2) is 8.36. The molecule has 4 rings (SSSR count). The smallest absolute Gasteiger partial charge is 0.236 e. The lowest BCUT2D eigenvalue weighted by Crippen LogP contribution is -2.50. The molecule has 3 saturated heterocycles. The van der Waals surface area contributed by atoms with Gasteiger partial charge in [-0.05, 0) is 31.9 Å². The minimum atomic E-state index is -0.893. The Morgan fingerprint density at radius 2 is 1.90 bits per heavy atom. The first-order valence-corrected chi connectivity index (χ1v) is 10.3. The van der Waals surface area contributed by atoms with Gasteiger partial charge < -0.3 is 14.5 Å². The Morgan fingerprint density at radius 1 is 1.10 bits per heavy atom. The maximum Gasteiger partial charge on any atom is 0.236 e. The van der Waals surface area contributed by atoms with E-state index in [0.717, 1.165) is 18.9 Å². The molecule has 8 heteroatoms. The molecule has 0 aromatic heterocycles. The van der Waals surface area contributed by atoms with Crippen molar-refractivity contribution in [3.63, 3.8) is 0 Å². The van der Waals surface area contributed by atoms with Crippen LogP contribution in [0.25, 0.3) is 0 Å². The van der Waals surface area contributed by atoms with E-state index in [-0.39, 0.29) is 23.9 Å². The zero-order chi connectivity index (χ0) is 20.4. The molecule has 0 bridgehead atoms. The van der Waals surface area contributed by atoms with E-state index in [0.29, 0.717) is 58.9 Å². The van der Waals surface area contributed by atoms with E-state index in [1.807, 2.05) is 4.90 Å². The number of benzene rings is 1. The number of amides is 2. The number of halogens is 2. The predicted octanol–water partition coefficient (Wildman–Crippen LogP) is 1.64. The first-order valence-electron chi connectivity index (χ1n) is 10.3. The van der Waals surface area contributed by atoms with Crippen LogP contribution in [0.5, 0.6) is 0 Å². The topological polar surface area (TPSA) is 53.1 Å². The third-order valence-corrected chi connectivity index (χ3v) is 6.37. The van der Waals surface area contributed by atoms with E-state index in [1.165, 1.54) is 12.1 Å². The summed E-state index contributed by atoms with van der Waals surface area (Å²) in [6.07, 6.45) is 2.30. The molecule has 6 nitrogen and oxygen atoms in total. The van der Waals surface area contributed by atoms with Gasteiger partial charge in [0.2, 0.25) is 11.8 Å². The number of morpholine rings is 1. The number of hydrogen-bond acceptors (Lipinski definition) is 4. The van der Waals surface area contributed by atoms with Crippen LogP contribution in [0.1, 0.15) is 24.8 Å². The molecule has 29 heavy (non-hydrogen) atoms. The van der Waals surface area contributed by atoms with Crippen LogP contribution in [0.4, 0.5) is 8.78 Å². The number of ether oxygens (including phenoxy) is 1. The summed E-state index contributed by atoms with van der Waals surface area (Å²) >= 11 is 0. The second-order valence-corrected chi connectivity index (χ2v) is 8.28. The average molecular weight is 407 g/mol. The number of piperidine rings is 1. The van der Waals surface area contributed by atoms with Crippen molar-refractivity contribution in [1.29, 1.82) is 0 Å². The lowest BCUT2D eigenvalue weighted by Gasteiger charge is -2.39. The van der Waals surface area contributed by atoms with Crippen molar-refractivity contribution < 1.29 is 23.1 Å². The predicted molar refractivity (Wildman–Crippen MR) is 102 cm³/mol. The van der Waals surface area contributed by atoms with Crippen LogP contribution < -0.4 is 0 Å². The van der Waals surface area contributed by atoms with Crippen molar-refractivity contribution in [3.05, 3.63) is 35.4 Å². The van der Waals surface area contributed by atoms with Crippen LogP contribution in [-0.2, 0) is 20.9 Å². The van der Waals surface area contributed by atoms with Crippen molar-refractivity contribution in [3.8, 4) is 0 Å². The van der Waals surface area contributed by atoms with Gasteiger partial charge in [0.15, 0.2) is 11.6 Å². The summed E-state index contributed by atoms with van der Waals surface area (Å²) in [4.78, 5) is 31.3. The molecular formula is C21H27F2N3O3. The van der Waals surface area contributed by atoms with Crippen molar-refractivity contribution in [2.24, 2.45) is 5.41 Å². The zero-order valence-electron chi connectivity index (χ0n) is 16.5. The van der Waals surface area contributed by atoms with E-state index in [9.17, 15) is 18.4 Å². The zero-order valence-corrected chi connectivity index (χ0v) is 16.5. The monoisotopic (exact) mass is 407 g/mol. The molecule has 3 fully saturated rings. The van der Waals surface area contributed by atoms with Crippen molar-refractivity contribution >= 4 is 11.8 Å². The van der Waals surface area contributed by atoms with Gasteiger partial charge >= 0.3 is 0 Å². The maximum absolute atomic E-state index is 14.1. The number of hydrogen-bond donors (Lipinski definition) is 0. The lowest BCUT2D eigenvalue weighted by atomic mass is 9.78. The van der Waals surface area contributed by atoms with Crippen LogP contribution in [0.15, 0.2) is 18.2 Å². The average Bonchev–Trinajstić information content (AvgIpc) is 3.13. The summed E-state index contributed by atoms with van der Waals surface area (Å²) in [5.41, 5.74) is -0.319. The molecule has 3 aliphatic heterocycles. The van der Waals surface area contributed by atoms with Crippen molar-refractivity contribution in [1.82, 2.24) is 14.7 Å². The Balaban J connectivity index is 1.39. The molecule has 3 heterocycles. The summed E-state index contributed by atoms with van der Waals surface area (Å²) in [5, 5.41) is 0. The van der Waals surface area contributed by atoms with E-state index >= 15 is 0 Å². The highest BCUT2D eigenvalue weighted by Crippen LogP contribution is 2.40. The van der Waals surface area contributed by atoms with Crippen LogP contribution in [0, 0.1) is 17.0 Å². The minimum absolute atomic E-state index is 0.00580. The summed E-state index contributed by atoms with van der Waals surface area (Å²) in [5.74, 6) is -1.71. The standard InChI is InChI=1S/C21H27F2N3O3/c22-17-4-1-3-16(19(17)23)13-26-7-2-5-21(20(26)28)6-8-24(15-21)14-18(27)25-9-11-29-12-10-25/h1,3-4H,2,5-15H2/t21-/m0/s1. The molecule has 1 aromatic carbocycles. The van der Waals surface area contributed by atoms with Gasteiger partial charge in [0.05, 0.1) is 25.2 Å². The Bertz CT molecular complexity index is 784. The van der Waals surface area contributed by atoms with Gasteiger partial charge in [-0.3, -0.25) is 14.5 Å². The fourth-order valence-corrected chi connectivity index (χ4v) is 4.76. The Hall–Kier alpha value is -2.06. The molecular weight excluding hydrogens is 380 g/mol. The van der Waals surface area contributed by atoms with E-state index < -0.39 is 17.0 Å². The Kier molecular flexibility index (Phi) is 5.83. The number of likely N-dealkylation sites (tertiary alicyclic amines) is 2. The van der Waals surface area contributed by atoms with Crippen LogP contribution in [0.3, 0.4) is 0 Å². The molecule has 3 aliphatic rings. The van der Waals surface area contributed by atoms with E-state index in [4.69, 9.17) is 4.74 Å². The molecule has 0 aliphatic carbocycles. The van der Waals surface area contributed by atoms with E-state index in [1.54, 1.807) is 4.90 Å². The number of nitrogens with zero attached hydrogens (tertiary/aromatic N) is 3. The highest BCUT2D eigenvalue weighted by molar-refractivity contribution is 5.84. The number of carbonyl (C=O) groups excluding carboxylic acids is 2. The van der Waals surface area contributed by atoms with Crippen LogP contribution >= 0.6 is 0 Å². The van der Waals surface area contributed by atoms with Gasteiger partial charge in [-0.2, -0.15) is 0 Å². The molecule has 1 aromatic rings. The first kappa shape index (κ1) is 20.2. The summed E-state index contributed by atoms with van der Waals surface area (Å²) in [6, 6.07) is 4.07. The quantitative estimate of drug-likeness (QED) is 0.762. The Morgan fingerprint density at radius 3 is 2.69 bits per heavy atom. The highest BCUT2D eigenvalue weighted by atomic mass is 19.2. The SMILES string of the molecule is O=C(CN1CC[C@@]2(CCCN(Cc3cccc(F)c3F)C2=O)C1)N1CCOCC1. The van der Waals surface area contributed by atoms with Gasteiger partial charge in [-0.15, -0.1) is 0 Å². The number of rotatable bonds is 4. The third kappa shape index (κ3) is 4.14. The summed E-state index contributed by atoms with van der Waals surface area (Å²) in [6.45, 7) is 4.55. The van der Waals surface area contributed by atoms with Gasteiger partial charge in [0.25, 0.3) is 0 Å².